The van der Waals surface area contributed by atoms with Crippen LogP contribution < -0.4 is 5.32 Å². The van der Waals surface area contributed by atoms with E-state index in [0.717, 1.165) is 15.8 Å². The molecular weight excluding hydrogens is 256 g/mol. The first kappa shape index (κ1) is 12.3. The number of aryl methyl sites for hydroxylation is 1. The predicted molar refractivity (Wildman–Crippen MR) is 72.8 cm³/mol. The van der Waals surface area contributed by atoms with Crippen LogP contribution in [0.3, 0.4) is 0 Å². The summed E-state index contributed by atoms with van der Waals surface area (Å²) in [6.07, 6.45) is 0. The summed E-state index contributed by atoms with van der Waals surface area (Å²) in [6.45, 7) is 5.67. The maximum absolute atomic E-state index is 11.6. The number of nitrogens with zero attached hydrogens (tertiary/aromatic N) is 1. The van der Waals surface area contributed by atoms with Crippen LogP contribution in [-0.2, 0) is 4.79 Å². The van der Waals surface area contributed by atoms with Crippen molar-refractivity contribution in [3.05, 3.63) is 22.7 Å². The molecule has 1 N–H and O–H groups in total. The van der Waals surface area contributed by atoms with Gasteiger partial charge in [-0.15, -0.1) is 0 Å². The predicted octanol–water partition coefficient (Wildman–Crippen LogP) is 3.85. The smallest absolute Gasteiger partial charge is 0.228 e. The summed E-state index contributed by atoms with van der Waals surface area (Å²) in [5, 5.41) is 4.08. The van der Waals surface area contributed by atoms with E-state index in [9.17, 15) is 4.79 Å². The molecule has 1 aromatic carbocycles. The van der Waals surface area contributed by atoms with Crippen molar-refractivity contribution >= 4 is 44.2 Å². The van der Waals surface area contributed by atoms with Crippen molar-refractivity contribution in [1.82, 2.24) is 4.98 Å². The average molecular weight is 269 g/mol. The van der Waals surface area contributed by atoms with Crippen molar-refractivity contribution in [3.8, 4) is 0 Å². The molecule has 0 saturated carbocycles. The molecule has 0 aliphatic rings. The Labute approximate surface area is 109 Å². The van der Waals surface area contributed by atoms with Gasteiger partial charge in [0.25, 0.3) is 0 Å². The second-order valence-electron chi connectivity index (χ2n) is 4.20. The van der Waals surface area contributed by atoms with E-state index in [1.54, 1.807) is 0 Å². The fraction of sp³-hybridized carbons (Fsp3) is 0.333. The molecule has 1 amide bonds. The Kier molecular flexibility index (Phi) is 3.35. The van der Waals surface area contributed by atoms with Crippen LogP contribution in [0.4, 0.5) is 5.13 Å². The number of carbonyl (C=O) groups is 1. The first-order chi connectivity index (χ1) is 7.99. The van der Waals surface area contributed by atoms with E-state index in [-0.39, 0.29) is 11.8 Å². The lowest BCUT2D eigenvalue weighted by atomic mass is 10.2. The molecule has 0 atom stereocenters. The van der Waals surface area contributed by atoms with Crippen LogP contribution >= 0.6 is 22.9 Å². The number of thiazole rings is 1. The van der Waals surface area contributed by atoms with Gasteiger partial charge in [0, 0.05) is 5.92 Å². The molecule has 0 fully saturated rings. The van der Waals surface area contributed by atoms with E-state index >= 15 is 0 Å². The number of hydrogen-bond acceptors (Lipinski definition) is 3. The molecular formula is C12H13ClN2OS. The first-order valence-electron chi connectivity index (χ1n) is 5.35. The van der Waals surface area contributed by atoms with Gasteiger partial charge in [-0.2, -0.15) is 0 Å². The highest BCUT2D eigenvalue weighted by molar-refractivity contribution is 7.23. The van der Waals surface area contributed by atoms with Gasteiger partial charge < -0.3 is 5.32 Å². The van der Waals surface area contributed by atoms with Gasteiger partial charge in [0.05, 0.1) is 15.2 Å². The molecule has 17 heavy (non-hydrogen) atoms. The number of halogens is 1. The average Bonchev–Trinajstić information content (AvgIpc) is 2.68. The molecule has 0 spiro atoms. The van der Waals surface area contributed by atoms with Gasteiger partial charge in [0.1, 0.15) is 0 Å². The molecule has 1 heterocycles. The summed E-state index contributed by atoms with van der Waals surface area (Å²) in [7, 11) is 0. The summed E-state index contributed by atoms with van der Waals surface area (Å²) < 4.78 is 0.922. The van der Waals surface area contributed by atoms with Crippen molar-refractivity contribution in [1.29, 1.82) is 0 Å². The molecule has 0 saturated heterocycles. The monoisotopic (exact) mass is 268 g/mol. The second-order valence-corrected chi connectivity index (χ2v) is 5.61. The van der Waals surface area contributed by atoms with Crippen molar-refractivity contribution in [2.75, 3.05) is 5.32 Å². The Morgan fingerprint density at radius 1 is 1.47 bits per heavy atom. The number of amides is 1. The molecule has 2 aromatic rings. The molecule has 90 valence electrons. The van der Waals surface area contributed by atoms with E-state index in [4.69, 9.17) is 11.6 Å². The molecule has 0 radical (unpaired) electrons. The highest BCUT2D eigenvalue weighted by Gasteiger charge is 2.13. The first-order valence-corrected chi connectivity index (χ1v) is 6.55. The van der Waals surface area contributed by atoms with E-state index in [1.165, 1.54) is 11.3 Å². The standard InChI is InChI=1S/C12H13ClN2OS/c1-6(2)11(16)15-12-14-9-7(3)4-5-8(13)10(9)17-12/h4-6H,1-3H3,(H,14,15,16). The van der Waals surface area contributed by atoms with Crippen molar-refractivity contribution in [2.45, 2.75) is 20.8 Å². The highest BCUT2D eigenvalue weighted by atomic mass is 35.5. The Hall–Kier alpha value is -1.13. The molecule has 0 aliphatic heterocycles. The summed E-state index contributed by atoms with van der Waals surface area (Å²) in [6, 6.07) is 3.78. The van der Waals surface area contributed by atoms with Crippen LogP contribution in [0.15, 0.2) is 12.1 Å². The lowest BCUT2D eigenvalue weighted by Crippen LogP contribution is -2.17. The summed E-state index contributed by atoms with van der Waals surface area (Å²) in [5.41, 5.74) is 1.92. The minimum absolute atomic E-state index is 0.0298. The molecule has 0 bridgehead atoms. The molecule has 5 heteroatoms. The van der Waals surface area contributed by atoms with Crippen molar-refractivity contribution in [2.24, 2.45) is 5.92 Å². The largest absolute Gasteiger partial charge is 0.302 e. The van der Waals surface area contributed by atoms with Crippen LogP contribution in [0.2, 0.25) is 5.02 Å². The molecule has 3 nitrogen and oxygen atoms in total. The van der Waals surface area contributed by atoms with Gasteiger partial charge in [-0.3, -0.25) is 4.79 Å². The zero-order chi connectivity index (χ0) is 12.6. The summed E-state index contributed by atoms with van der Waals surface area (Å²) in [5.74, 6) is -0.0867. The van der Waals surface area contributed by atoms with Crippen LogP contribution in [0.25, 0.3) is 10.2 Å². The SMILES string of the molecule is Cc1ccc(Cl)c2sc(NC(=O)C(C)C)nc12. The fourth-order valence-corrected chi connectivity index (χ4v) is 2.62. The number of fused-ring (bicyclic) bond motifs is 1. The number of carbonyl (C=O) groups excluding carboxylic acids is 1. The number of rotatable bonds is 2. The van der Waals surface area contributed by atoms with Crippen LogP contribution in [0, 0.1) is 12.8 Å². The Bertz CT molecular complexity index is 538. The lowest BCUT2D eigenvalue weighted by Gasteiger charge is -2.02. The third kappa shape index (κ3) is 2.42. The normalized spacial score (nSPS) is 11.1. The minimum Gasteiger partial charge on any atom is -0.302 e. The van der Waals surface area contributed by atoms with Gasteiger partial charge in [-0.25, -0.2) is 4.98 Å². The van der Waals surface area contributed by atoms with E-state index < -0.39 is 0 Å². The number of hydrogen-bond donors (Lipinski definition) is 1. The van der Waals surface area contributed by atoms with Crippen LogP contribution in [-0.4, -0.2) is 10.9 Å². The maximum Gasteiger partial charge on any atom is 0.228 e. The van der Waals surface area contributed by atoms with E-state index in [1.807, 2.05) is 32.9 Å². The number of nitrogens with one attached hydrogen (secondary N) is 1. The number of aromatic nitrogens is 1. The van der Waals surface area contributed by atoms with Gasteiger partial charge >= 0.3 is 0 Å². The van der Waals surface area contributed by atoms with Gasteiger partial charge in [-0.1, -0.05) is 42.9 Å². The lowest BCUT2D eigenvalue weighted by molar-refractivity contribution is -0.118. The molecule has 0 unspecified atom stereocenters. The second kappa shape index (κ2) is 4.63. The zero-order valence-electron chi connectivity index (χ0n) is 9.87. The quantitative estimate of drug-likeness (QED) is 0.899. The summed E-state index contributed by atoms with van der Waals surface area (Å²) >= 11 is 7.51. The number of anilines is 1. The topological polar surface area (TPSA) is 42.0 Å². The van der Waals surface area contributed by atoms with Crippen molar-refractivity contribution < 1.29 is 4.79 Å². The molecule has 0 aliphatic carbocycles. The molecule has 2 rings (SSSR count). The highest BCUT2D eigenvalue weighted by Crippen LogP contribution is 2.33. The fourth-order valence-electron chi connectivity index (χ4n) is 1.41. The van der Waals surface area contributed by atoms with Crippen LogP contribution in [0.1, 0.15) is 19.4 Å². The van der Waals surface area contributed by atoms with Gasteiger partial charge in [0.15, 0.2) is 5.13 Å². The van der Waals surface area contributed by atoms with Crippen molar-refractivity contribution in [3.63, 3.8) is 0 Å². The molecule has 1 aromatic heterocycles. The zero-order valence-corrected chi connectivity index (χ0v) is 11.4. The Morgan fingerprint density at radius 3 is 2.76 bits per heavy atom. The Balaban J connectivity index is 2.41. The van der Waals surface area contributed by atoms with Gasteiger partial charge in [-0.05, 0) is 18.6 Å². The Morgan fingerprint density at radius 2 is 2.18 bits per heavy atom. The number of benzene rings is 1. The van der Waals surface area contributed by atoms with E-state index in [0.29, 0.717) is 10.2 Å². The van der Waals surface area contributed by atoms with Crippen LogP contribution in [0.5, 0.6) is 0 Å². The maximum atomic E-state index is 11.6. The summed E-state index contributed by atoms with van der Waals surface area (Å²) in [4.78, 5) is 16.0. The third-order valence-corrected chi connectivity index (χ3v) is 3.88. The van der Waals surface area contributed by atoms with Gasteiger partial charge in [0.2, 0.25) is 5.91 Å². The minimum atomic E-state index is -0.0569. The van der Waals surface area contributed by atoms with E-state index in [2.05, 4.69) is 10.3 Å². The third-order valence-electron chi connectivity index (χ3n) is 2.45.